The van der Waals surface area contributed by atoms with Gasteiger partial charge in [-0.2, -0.15) is 5.10 Å². The van der Waals surface area contributed by atoms with Crippen molar-refractivity contribution in [2.45, 2.75) is 19.9 Å². The van der Waals surface area contributed by atoms with Crippen LogP contribution >= 0.6 is 0 Å². The molecule has 0 spiro atoms. The number of hydrogen-bond acceptors (Lipinski definition) is 4. The number of nitrogens with zero attached hydrogens (tertiary/aromatic N) is 2. The van der Waals surface area contributed by atoms with Gasteiger partial charge in [0.15, 0.2) is 5.82 Å². The zero-order valence-corrected chi connectivity index (χ0v) is 10.3. The van der Waals surface area contributed by atoms with E-state index < -0.39 is 5.97 Å². The Morgan fingerprint density at radius 3 is 2.84 bits per heavy atom. The van der Waals surface area contributed by atoms with Gasteiger partial charge in [-0.05, 0) is 19.1 Å². The third kappa shape index (κ3) is 3.70. The molecular formula is C12H13N3O4. The first-order chi connectivity index (χ1) is 9.02. The zero-order chi connectivity index (χ0) is 13.8. The van der Waals surface area contributed by atoms with Gasteiger partial charge in [-0.3, -0.25) is 14.3 Å². The van der Waals surface area contributed by atoms with Gasteiger partial charge in [0, 0.05) is 12.3 Å². The van der Waals surface area contributed by atoms with Crippen LogP contribution in [0, 0.1) is 6.92 Å². The van der Waals surface area contributed by atoms with Crippen molar-refractivity contribution >= 4 is 17.7 Å². The molecule has 0 radical (unpaired) electrons. The van der Waals surface area contributed by atoms with Crippen molar-refractivity contribution in [3.8, 4) is 0 Å². The molecule has 0 aliphatic heterocycles. The normalized spacial score (nSPS) is 10.4. The number of nitrogens with one attached hydrogen (secondary N) is 1. The predicted octanol–water partition coefficient (Wildman–Crippen LogP) is 1.05. The lowest BCUT2D eigenvalue weighted by Crippen LogP contribution is -2.15. The van der Waals surface area contributed by atoms with Gasteiger partial charge in [-0.1, -0.05) is 0 Å². The third-order valence-corrected chi connectivity index (χ3v) is 2.34. The fraction of sp³-hybridized carbons (Fsp3) is 0.250. The van der Waals surface area contributed by atoms with Crippen molar-refractivity contribution in [1.82, 2.24) is 9.78 Å². The van der Waals surface area contributed by atoms with E-state index in [1.807, 2.05) is 0 Å². The summed E-state index contributed by atoms with van der Waals surface area (Å²) < 4.78 is 6.52. The SMILES string of the molecule is Cc1ccc(CC(=O)Nc2ccn(CC(=O)O)n2)o1. The molecule has 100 valence electrons. The summed E-state index contributed by atoms with van der Waals surface area (Å²) in [6.45, 7) is 1.56. The highest BCUT2D eigenvalue weighted by Gasteiger charge is 2.09. The lowest BCUT2D eigenvalue weighted by Gasteiger charge is -2.00. The second kappa shape index (κ2) is 5.38. The van der Waals surface area contributed by atoms with E-state index in [4.69, 9.17) is 9.52 Å². The number of carbonyl (C=O) groups is 2. The van der Waals surface area contributed by atoms with Crippen LogP contribution in [0.4, 0.5) is 5.82 Å². The Morgan fingerprint density at radius 1 is 1.42 bits per heavy atom. The Labute approximate surface area is 108 Å². The van der Waals surface area contributed by atoms with Crippen molar-refractivity contribution in [3.63, 3.8) is 0 Å². The van der Waals surface area contributed by atoms with Gasteiger partial charge < -0.3 is 14.8 Å². The summed E-state index contributed by atoms with van der Waals surface area (Å²) in [5, 5.41) is 15.1. The number of aromatic nitrogens is 2. The van der Waals surface area contributed by atoms with E-state index in [-0.39, 0.29) is 18.9 Å². The maximum atomic E-state index is 11.7. The van der Waals surface area contributed by atoms with Crippen LogP contribution in [0.25, 0.3) is 0 Å². The van der Waals surface area contributed by atoms with Gasteiger partial charge in [-0.15, -0.1) is 0 Å². The van der Waals surface area contributed by atoms with Gasteiger partial charge in [-0.25, -0.2) is 0 Å². The minimum Gasteiger partial charge on any atom is -0.480 e. The van der Waals surface area contributed by atoms with Crippen LogP contribution in [-0.2, 0) is 22.6 Å². The van der Waals surface area contributed by atoms with E-state index in [1.165, 1.54) is 16.9 Å². The summed E-state index contributed by atoms with van der Waals surface area (Å²) in [4.78, 5) is 22.2. The van der Waals surface area contributed by atoms with Crippen molar-refractivity contribution < 1.29 is 19.1 Å². The Kier molecular flexibility index (Phi) is 3.65. The molecule has 0 aromatic carbocycles. The number of carboxylic acids is 1. The quantitative estimate of drug-likeness (QED) is 0.840. The van der Waals surface area contributed by atoms with E-state index in [2.05, 4.69) is 10.4 Å². The number of rotatable bonds is 5. The van der Waals surface area contributed by atoms with Crippen LogP contribution in [-0.4, -0.2) is 26.8 Å². The fourth-order valence-corrected chi connectivity index (χ4v) is 1.58. The molecule has 0 aliphatic carbocycles. The van der Waals surface area contributed by atoms with E-state index in [1.54, 1.807) is 19.1 Å². The van der Waals surface area contributed by atoms with Crippen molar-refractivity contribution in [2.24, 2.45) is 0 Å². The fourth-order valence-electron chi connectivity index (χ4n) is 1.58. The number of anilines is 1. The first-order valence-electron chi connectivity index (χ1n) is 5.63. The molecule has 2 N–H and O–H groups in total. The van der Waals surface area contributed by atoms with Crippen LogP contribution in [0.3, 0.4) is 0 Å². The summed E-state index contributed by atoms with van der Waals surface area (Å²) in [7, 11) is 0. The summed E-state index contributed by atoms with van der Waals surface area (Å²) in [5.74, 6) is 0.366. The Morgan fingerprint density at radius 2 is 2.21 bits per heavy atom. The average Bonchev–Trinajstić information content (AvgIpc) is 2.88. The summed E-state index contributed by atoms with van der Waals surface area (Å²) in [6.07, 6.45) is 1.60. The second-order valence-corrected chi connectivity index (χ2v) is 4.03. The molecule has 7 heteroatoms. The summed E-state index contributed by atoms with van der Waals surface area (Å²) in [6, 6.07) is 5.05. The highest BCUT2D eigenvalue weighted by atomic mass is 16.4. The molecule has 0 atom stereocenters. The minimum absolute atomic E-state index is 0.111. The number of aryl methyl sites for hydroxylation is 1. The summed E-state index contributed by atoms with van der Waals surface area (Å²) >= 11 is 0. The van der Waals surface area contributed by atoms with E-state index in [9.17, 15) is 9.59 Å². The minimum atomic E-state index is -0.993. The molecular weight excluding hydrogens is 250 g/mol. The molecule has 0 unspecified atom stereocenters. The largest absolute Gasteiger partial charge is 0.480 e. The molecule has 19 heavy (non-hydrogen) atoms. The molecule has 2 aromatic rings. The van der Waals surface area contributed by atoms with Crippen molar-refractivity contribution in [1.29, 1.82) is 0 Å². The van der Waals surface area contributed by atoms with Crippen LogP contribution in [0.1, 0.15) is 11.5 Å². The van der Waals surface area contributed by atoms with Gasteiger partial charge in [0.2, 0.25) is 5.91 Å². The van der Waals surface area contributed by atoms with Gasteiger partial charge >= 0.3 is 5.97 Å². The molecule has 0 saturated carbocycles. The summed E-state index contributed by atoms with van der Waals surface area (Å²) in [5.41, 5.74) is 0. The topological polar surface area (TPSA) is 97.4 Å². The van der Waals surface area contributed by atoms with Crippen LogP contribution < -0.4 is 5.32 Å². The molecule has 0 fully saturated rings. The van der Waals surface area contributed by atoms with Gasteiger partial charge in [0.05, 0.1) is 6.42 Å². The van der Waals surface area contributed by atoms with E-state index in [0.29, 0.717) is 11.6 Å². The highest BCUT2D eigenvalue weighted by Crippen LogP contribution is 2.09. The zero-order valence-electron chi connectivity index (χ0n) is 10.3. The molecule has 7 nitrogen and oxygen atoms in total. The number of hydrogen-bond donors (Lipinski definition) is 2. The van der Waals surface area contributed by atoms with Crippen LogP contribution in [0.2, 0.25) is 0 Å². The number of amides is 1. The Bertz CT molecular complexity index is 600. The molecule has 0 saturated heterocycles. The molecule has 2 heterocycles. The highest BCUT2D eigenvalue weighted by molar-refractivity contribution is 5.90. The number of furan rings is 1. The van der Waals surface area contributed by atoms with Gasteiger partial charge in [0.25, 0.3) is 0 Å². The number of aliphatic carboxylic acids is 1. The molecule has 2 rings (SSSR count). The molecule has 0 aliphatic rings. The van der Waals surface area contributed by atoms with Crippen LogP contribution in [0.5, 0.6) is 0 Å². The first kappa shape index (κ1) is 12.9. The monoisotopic (exact) mass is 263 g/mol. The van der Waals surface area contributed by atoms with Crippen LogP contribution in [0.15, 0.2) is 28.8 Å². The molecule has 0 bridgehead atoms. The van der Waals surface area contributed by atoms with Crippen molar-refractivity contribution in [3.05, 3.63) is 35.9 Å². The molecule has 1 amide bonds. The predicted molar refractivity (Wildman–Crippen MR) is 65.6 cm³/mol. The Balaban J connectivity index is 1.91. The number of carboxylic acid groups (broad SMARTS) is 1. The van der Waals surface area contributed by atoms with Crippen molar-refractivity contribution in [2.75, 3.05) is 5.32 Å². The number of carbonyl (C=O) groups excluding carboxylic acids is 1. The van der Waals surface area contributed by atoms with E-state index in [0.717, 1.165) is 5.76 Å². The molecule has 2 aromatic heterocycles. The Hall–Kier alpha value is -2.57. The maximum absolute atomic E-state index is 11.7. The third-order valence-electron chi connectivity index (χ3n) is 2.34. The average molecular weight is 263 g/mol. The first-order valence-corrected chi connectivity index (χ1v) is 5.63. The smallest absolute Gasteiger partial charge is 0.325 e. The lowest BCUT2D eigenvalue weighted by atomic mass is 10.3. The van der Waals surface area contributed by atoms with Gasteiger partial charge in [0.1, 0.15) is 18.1 Å². The standard InChI is InChI=1S/C12H13N3O4/c1-8-2-3-9(19-8)6-11(16)13-10-4-5-15(14-10)7-12(17)18/h2-5H,6-7H2,1H3,(H,17,18)(H,13,14,16). The maximum Gasteiger partial charge on any atom is 0.325 e. The second-order valence-electron chi connectivity index (χ2n) is 4.03. The lowest BCUT2D eigenvalue weighted by molar-refractivity contribution is -0.137. The van der Waals surface area contributed by atoms with E-state index >= 15 is 0 Å².